The number of furan rings is 1. The van der Waals surface area contributed by atoms with Gasteiger partial charge in [0, 0.05) is 49.8 Å². The molecule has 0 saturated carbocycles. The zero-order valence-corrected chi connectivity index (χ0v) is 34.2. The maximum absolute atomic E-state index is 6.68. The lowest BCUT2D eigenvalue weighted by Gasteiger charge is -2.11. The van der Waals surface area contributed by atoms with Crippen molar-refractivity contribution in [1.82, 2.24) is 9.13 Å². The van der Waals surface area contributed by atoms with E-state index in [0.29, 0.717) is 0 Å². The van der Waals surface area contributed by atoms with E-state index in [-0.39, 0.29) is 0 Å². The lowest BCUT2D eigenvalue weighted by atomic mass is 9.96. The van der Waals surface area contributed by atoms with Gasteiger partial charge in [-0.1, -0.05) is 152 Å². The van der Waals surface area contributed by atoms with Gasteiger partial charge in [0.15, 0.2) is 0 Å². The summed E-state index contributed by atoms with van der Waals surface area (Å²) in [5, 5.41) is 7.16. The zero-order valence-electron chi connectivity index (χ0n) is 34.2. The second-order valence-corrected chi connectivity index (χ2v) is 16.5. The molecule has 294 valence electrons. The Hall–Kier alpha value is -8.40. The van der Waals surface area contributed by atoms with E-state index in [2.05, 4.69) is 240 Å². The van der Waals surface area contributed by atoms with E-state index < -0.39 is 0 Å². The monoisotopic (exact) mass is 802 g/mol. The lowest BCUT2D eigenvalue weighted by Crippen LogP contribution is -1.94. The Morgan fingerprint density at radius 2 is 0.746 bits per heavy atom. The van der Waals surface area contributed by atoms with Crippen molar-refractivity contribution in [3.63, 3.8) is 0 Å². The molecule has 0 N–H and O–H groups in total. The van der Waals surface area contributed by atoms with Gasteiger partial charge in [0.25, 0.3) is 0 Å². The van der Waals surface area contributed by atoms with Crippen molar-refractivity contribution in [3.05, 3.63) is 231 Å². The molecule has 63 heavy (non-hydrogen) atoms. The summed E-state index contributed by atoms with van der Waals surface area (Å²) >= 11 is 0. The summed E-state index contributed by atoms with van der Waals surface area (Å²) in [4.78, 5) is 0. The van der Waals surface area contributed by atoms with E-state index in [1.54, 1.807) is 0 Å². The lowest BCUT2D eigenvalue weighted by molar-refractivity contribution is 0.668. The molecular weight excluding hydrogens is 765 g/mol. The van der Waals surface area contributed by atoms with Crippen LogP contribution in [0.15, 0.2) is 235 Å². The smallest absolute Gasteiger partial charge is 0.137 e. The number of benzene rings is 10. The second-order valence-electron chi connectivity index (χ2n) is 16.5. The molecule has 3 heteroatoms. The molecule has 0 amide bonds. The summed E-state index contributed by atoms with van der Waals surface area (Å²) in [5.74, 6) is 0. The Balaban J connectivity index is 0.917. The quantitative estimate of drug-likeness (QED) is 0.164. The number of hydrogen-bond acceptors (Lipinski definition) is 1. The molecule has 0 aliphatic rings. The largest absolute Gasteiger partial charge is 0.456 e. The first-order valence-corrected chi connectivity index (χ1v) is 21.6. The van der Waals surface area contributed by atoms with Crippen molar-refractivity contribution in [2.45, 2.75) is 0 Å². The van der Waals surface area contributed by atoms with Crippen LogP contribution in [0.25, 0.3) is 121 Å². The van der Waals surface area contributed by atoms with Crippen LogP contribution < -0.4 is 0 Å². The van der Waals surface area contributed by atoms with Crippen molar-refractivity contribution in [2.24, 2.45) is 0 Å². The fourth-order valence-electron chi connectivity index (χ4n) is 10.0. The first kappa shape index (κ1) is 35.4. The third kappa shape index (κ3) is 5.67. The van der Waals surface area contributed by atoms with Crippen molar-refractivity contribution < 1.29 is 4.42 Å². The van der Waals surface area contributed by atoms with Crippen LogP contribution >= 0.6 is 0 Å². The highest BCUT2D eigenvalue weighted by Crippen LogP contribution is 2.42. The van der Waals surface area contributed by atoms with Crippen molar-refractivity contribution in [2.75, 3.05) is 0 Å². The van der Waals surface area contributed by atoms with Crippen LogP contribution in [-0.2, 0) is 0 Å². The Labute approximate surface area is 363 Å². The molecule has 0 unspecified atom stereocenters. The summed E-state index contributed by atoms with van der Waals surface area (Å²) in [7, 11) is 0. The van der Waals surface area contributed by atoms with Crippen LogP contribution in [0, 0.1) is 0 Å². The van der Waals surface area contributed by atoms with E-state index in [1.807, 2.05) is 0 Å². The highest BCUT2D eigenvalue weighted by atomic mass is 16.3. The third-order valence-electron chi connectivity index (χ3n) is 12.9. The topological polar surface area (TPSA) is 23.0 Å². The molecule has 13 aromatic rings. The predicted octanol–water partition coefficient (Wildman–Crippen LogP) is 16.4. The Kier molecular flexibility index (Phi) is 7.91. The Morgan fingerprint density at radius 1 is 0.254 bits per heavy atom. The van der Waals surface area contributed by atoms with Crippen LogP contribution in [0.1, 0.15) is 0 Å². The normalized spacial score (nSPS) is 11.8. The van der Waals surface area contributed by atoms with Gasteiger partial charge in [-0.25, -0.2) is 0 Å². The number of fused-ring (bicyclic) bond motifs is 9. The highest BCUT2D eigenvalue weighted by Gasteiger charge is 2.19. The minimum Gasteiger partial charge on any atom is -0.456 e. The van der Waals surface area contributed by atoms with Gasteiger partial charge in [-0.15, -0.1) is 0 Å². The van der Waals surface area contributed by atoms with E-state index in [1.165, 1.54) is 77.1 Å². The summed E-state index contributed by atoms with van der Waals surface area (Å²) in [6, 6.07) is 83.3. The van der Waals surface area contributed by atoms with Gasteiger partial charge in [0.05, 0.1) is 22.1 Å². The Bertz CT molecular complexity index is 3900. The van der Waals surface area contributed by atoms with Crippen LogP contribution in [-0.4, -0.2) is 9.13 Å². The first-order valence-electron chi connectivity index (χ1n) is 21.6. The average molecular weight is 803 g/mol. The summed E-state index contributed by atoms with van der Waals surface area (Å²) in [5.41, 5.74) is 18.2. The van der Waals surface area contributed by atoms with Gasteiger partial charge in [-0.3, -0.25) is 0 Å². The summed E-state index contributed by atoms with van der Waals surface area (Å²) in [6.45, 7) is 0. The van der Waals surface area contributed by atoms with Crippen LogP contribution in [0.2, 0.25) is 0 Å². The summed E-state index contributed by atoms with van der Waals surface area (Å²) in [6.07, 6.45) is 0. The molecule has 0 atom stereocenters. The van der Waals surface area contributed by atoms with Gasteiger partial charge >= 0.3 is 0 Å². The maximum Gasteiger partial charge on any atom is 0.137 e. The van der Waals surface area contributed by atoms with E-state index in [4.69, 9.17) is 4.42 Å². The van der Waals surface area contributed by atoms with Crippen LogP contribution in [0.5, 0.6) is 0 Å². The third-order valence-corrected chi connectivity index (χ3v) is 12.9. The molecule has 0 saturated heterocycles. The minimum atomic E-state index is 0.871. The number of aromatic nitrogens is 2. The predicted molar refractivity (Wildman–Crippen MR) is 264 cm³/mol. The average Bonchev–Trinajstić information content (AvgIpc) is 4.01. The van der Waals surface area contributed by atoms with E-state index in [0.717, 1.165) is 44.3 Å². The molecular formula is C60H38N2O. The van der Waals surface area contributed by atoms with Crippen molar-refractivity contribution in [3.8, 4) is 55.9 Å². The Morgan fingerprint density at radius 3 is 1.40 bits per heavy atom. The first-order chi connectivity index (χ1) is 31.2. The molecule has 0 bridgehead atoms. The molecule has 10 aromatic carbocycles. The SMILES string of the molecule is c1ccc(-c2cccc(-c3cccc4oc5cc(-n6c7ccccc7c7cc(-c8ccc9c(c8)c8ccccc8n9-c8cccc(-c9ccccc9)c8)ccc76)ccc5c34)c2)cc1. The number of hydrogen-bond donors (Lipinski definition) is 0. The maximum atomic E-state index is 6.68. The molecule has 0 spiro atoms. The van der Waals surface area contributed by atoms with Gasteiger partial charge in [-0.2, -0.15) is 0 Å². The number of nitrogens with zero attached hydrogens (tertiary/aromatic N) is 2. The second kappa shape index (κ2) is 14.1. The van der Waals surface area contributed by atoms with Gasteiger partial charge in [-0.05, 0) is 117 Å². The molecule has 0 aliphatic carbocycles. The number of para-hydroxylation sites is 2. The fourth-order valence-corrected chi connectivity index (χ4v) is 10.0. The van der Waals surface area contributed by atoms with Crippen molar-refractivity contribution in [1.29, 1.82) is 0 Å². The molecule has 0 aliphatic heterocycles. The molecule has 3 aromatic heterocycles. The van der Waals surface area contributed by atoms with Gasteiger partial charge < -0.3 is 13.6 Å². The van der Waals surface area contributed by atoms with Crippen LogP contribution in [0.3, 0.4) is 0 Å². The standard InChI is InChI=1S/C60H38N2O/c1-3-14-39(15-4-1)41-18-11-20-45(34-41)48-24-13-27-58-60(48)51-31-30-47(38-59(51)63-58)62-55-26-10-8-23-50(55)53-37-44(29-33-57(53)62)43-28-32-56-52(36-43)49-22-7-9-25-54(49)61(56)46-21-12-19-42(35-46)40-16-5-2-6-17-40/h1-38H. The zero-order chi connectivity index (χ0) is 41.4. The van der Waals surface area contributed by atoms with Gasteiger partial charge in [0.2, 0.25) is 0 Å². The number of rotatable bonds is 6. The van der Waals surface area contributed by atoms with Crippen LogP contribution in [0.4, 0.5) is 0 Å². The summed E-state index contributed by atoms with van der Waals surface area (Å²) < 4.78 is 11.5. The molecule has 3 nitrogen and oxygen atoms in total. The minimum absolute atomic E-state index is 0.871. The molecule has 13 rings (SSSR count). The van der Waals surface area contributed by atoms with Crippen molar-refractivity contribution >= 4 is 65.6 Å². The van der Waals surface area contributed by atoms with E-state index in [9.17, 15) is 0 Å². The molecule has 0 radical (unpaired) electrons. The fraction of sp³-hybridized carbons (Fsp3) is 0. The molecule has 0 fully saturated rings. The highest BCUT2D eigenvalue weighted by molar-refractivity contribution is 6.15. The van der Waals surface area contributed by atoms with Gasteiger partial charge in [0.1, 0.15) is 11.2 Å². The molecule has 3 heterocycles. The van der Waals surface area contributed by atoms with E-state index >= 15 is 0 Å².